The van der Waals surface area contributed by atoms with Crippen molar-refractivity contribution in [2.75, 3.05) is 5.75 Å². The second-order valence-electron chi connectivity index (χ2n) is 5.10. The lowest BCUT2D eigenvalue weighted by molar-refractivity contribution is -0.127. The number of pyridine rings is 1. The Morgan fingerprint density at radius 3 is 2.62 bits per heavy atom. The maximum absolute atomic E-state index is 12.3. The molecule has 0 radical (unpaired) electrons. The predicted molar refractivity (Wildman–Crippen MR) is 95.9 cm³/mol. The molecular weight excluding hydrogens is 346 g/mol. The van der Waals surface area contributed by atoms with Crippen molar-refractivity contribution < 1.29 is 9.59 Å². The molecular formula is C17H18ClN3O2S. The molecule has 7 heteroatoms. The standard InChI is InChI=1S/C17H18ClN3O2S/c1-12(22)21-16(11-24-15-6-4-14(18)5-7-15)17(23)20-10-13-3-2-8-19-9-13/h2-9,16H,10-11H2,1H3,(H,20,23)(H,21,22). The van der Waals surface area contributed by atoms with Gasteiger partial charge in [0.1, 0.15) is 6.04 Å². The fourth-order valence-electron chi connectivity index (χ4n) is 1.95. The number of benzene rings is 1. The fraction of sp³-hybridized carbons (Fsp3) is 0.235. The topological polar surface area (TPSA) is 71.1 Å². The third kappa shape index (κ3) is 6.22. The van der Waals surface area contributed by atoms with Gasteiger partial charge in [-0.2, -0.15) is 0 Å². The summed E-state index contributed by atoms with van der Waals surface area (Å²) in [5.41, 5.74) is 0.901. The van der Waals surface area contributed by atoms with Gasteiger partial charge in [-0.05, 0) is 35.9 Å². The third-order valence-corrected chi connectivity index (χ3v) is 4.47. The Morgan fingerprint density at radius 2 is 2.00 bits per heavy atom. The number of thioether (sulfide) groups is 1. The highest BCUT2D eigenvalue weighted by Crippen LogP contribution is 2.21. The number of halogens is 1. The number of amides is 2. The molecule has 2 N–H and O–H groups in total. The van der Waals surface area contributed by atoms with Crippen molar-refractivity contribution in [3.05, 3.63) is 59.4 Å². The Hall–Kier alpha value is -2.05. The van der Waals surface area contributed by atoms with Crippen LogP contribution in [0, 0.1) is 0 Å². The van der Waals surface area contributed by atoms with Gasteiger partial charge in [0, 0.05) is 41.5 Å². The number of aromatic nitrogens is 1. The summed E-state index contributed by atoms with van der Waals surface area (Å²) in [4.78, 5) is 28.7. The summed E-state index contributed by atoms with van der Waals surface area (Å²) in [5.74, 6) is -0.0381. The van der Waals surface area contributed by atoms with E-state index in [1.54, 1.807) is 24.5 Å². The minimum absolute atomic E-state index is 0.226. The van der Waals surface area contributed by atoms with Crippen LogP contribution < -0.4 is 10.6 Å². The number of carbonyl (C=O) groups is 2. The molecule has 1 heterocycles. The van der Waals surface area contributed by atoms with Crippen LogP contribution in [0.1, 0.15) is 12.5 Å². The molecule has 1 aromatic carbocycles. The first-order valence-corrected chi connectivity index (χ1v) is 8.73. The molecule has 126 valence electrons. The van der Waals surface area contributed by atoms with Gasteiger partial charge in [0.05, 0.1) is 0 Å². The van der Waals surface area contributed by atoms with Crippen LogP contribution in [-0.2, 0) is 16.1 Å². The maximum Gasteiger partial charge on any atom is 0.243 e. The molecule has 0 aliphatic rings. The molecule has 1 atom stereocenters. The van der Waals surface area contributed by atoms with Crippen LogP contribution in [0.5, 0.6) is 0 Å². The van der Waals surface area contributed by atoms with Crippen molar-refractivity contribution in [1.29, 1.82) is 0 Å². The summed E-state index contributed by atoms with van der Waals surface area (Å²) in [6, 6.07) is 10.4. The minimum atomic E-state index is -0.611. The first-order chi connectivity index (χ1) is 11.5. The van der Waals surface area contributed by atoms with Gasteiger partial charge in [-0.3, -0.25) is 14.6 Å². The van der Waals surface area contributed by atoms with Crippen LogP contribution in [0.2, 0.25) is 5.02 Å². The summed E-state index contributed by atoms with van der Waals surface area (Å²) in [5, 5.41) is 6.16. The Morgan fingerprint density at radius 1 is 1.25 bits per heavy atom. The molecule has 0 aliphatic heterocycles. The maximum atomic E-state index is 12.3. The van der Waals surface area contributed by atoms with Crippen molar-refractivity contribution in [1.82, 2.24) is 15.6 Å². The number of nitrogens with zero attached hydrogens (tertiary/aromatic N) is 1. The first-order valence-electron chi connectivity index (χ1n) is 7.36. The van der Waals surface area contributed by atoms with Crippen molar-refractivity contribution in [2.24, 2.45) is 0 Å². The van der Waals surface area contributed by atoms with Crippen molar-refractivity contribution >= 4 is 35.2 Å². The fourth-order valence-corrected chi connectivity index (χ4v) is 3.00. The molecule has 1 unspecified atom stereocenters. The molecule has 0 saturated carbocycles. The Kier molecular flexibility index (Phi) is 7.08. The van der Waals surface area contributed by atoms with Crippen LogP contribution in [0.3, 0.4) is 0 Å². The zero-order valence-corrected chi connectivity index (χ0v) is 14.7. The van der Waals surface area contributed by atoms with E-state index in [4.69, 9.17) is 11.6 Å². The quantitative estimate of drug-likeness (QED) is 0.742. The van der Waals surface area contributed by atoms with Gasteiger partial charge < -0.3 is 10.6 Å². The van der Waals surface area contributed by atoms with Crippen LogP contribution in [-0.4, -0.2) is 28.6 Å². The summed E-state index contributed by atoms with van der Waals surface area (Å²) in [7, 11) is 0. The van der Waals surface area contributed by atoms with E-state index in [2.05, 4.69) is 15.6 Å². The van der Waals surface area contributed by atoms with Gasteiger partial charge in [0.25, 0.3) is 0 Å². The molecule has 2 amide bonds. The van der Waals surface area contributed by atoms with E-state index in [-0.39, 0.29) is 11.8 Å². The number of nitrogens with one attached hydrogen (secondary N) is 2. The summed E-state index contributed by atoms with van der Waals surface area (Å²) >= 11 is 7.34. The number of hydrogen-bond acceptors (Lipinski definition) is 4. The minimum Gasteiger partial charge on any atom is -0.350 e. The van der Waals surface area contributed by atoms with Gasteiger partial charge in [-0.15, -0.1) is 11.8 Å². The largest absolute Gasteiger partial charge is 0.350 e. The highest BCUT2D eigenvalue weighted by molar-refractivity contribution is 7.99. The van der Waals surface area contributed by atoms with Crippen LogP contribution in [0.15, 0.2) is 53.7 Å². The Balaban J connectivity index is 1.92. The molecule has 0 aliphatic carbocycles. The van der Waals surface area contributed by atoms with Crippen LogP contribution >= 0.6 is 23.4 Å². The molecule has 1 aromatic heterocycles. The van der Waals surface area contributed by atoms with Crippen molar-refractivity contribution in [3.63, 3.8) is 0 Å². The zero-order chi connectivity index (χ0) is 17.4. The van der Waals surface area contributed by atoms with E-state index in [0.29, 0.717) is 17.3 Å². The first kappa shape index (κ1) is 18.3. The van der Waals surface area contributed by atoms with Gasteiger partial charge in [-0.25, -0.2) is 0 Å². The SMILES string of the molecule is CC(=O)NC(CSc1ccc(Cl)cc1)C(=O)NCc1cccnc1. The predicted octanol–water partition coefficient (Wildman–Crippen LogP) is 2.65. The van der Waals surface area contributed by atoms with Gasteiger partial charge in [-0.1, -0.05) is 17.7 Å². The second-order valence-corrected chi connectivity index (χ2v) is 6.63. The molecule has 2 rings (SSSR count). The molecule has 5 nitrogen and oxygen atoms in total. The highest BCUT2D eigenvalue weighted by Gasteiger charge is 2.19. The number of hydrogen-bond donors (Lipinski definition) is 2. The van der Waals surface area contributed by atoms with Gasteiger partial charge >= 0.3 is 0 Å². The lowest BCUT2D eigenvalue weighted by Gasteiger charge is -2.17. The van der Waals surface area contributed by atoms with E-state index in [9.17, 15) is 9.59 Å². The van der Waals surface area contributed by atoms with Crippen molar-refractivity contribution in [2.45, 2.75) is 24.4 Å². The average Bonchev–Trinajstić information content (AvgIpc) is 2.58. The van der Waals surface area contributed by atoms with Crippen molar-refractivity contribution in [3.8, 4) is 0 Å². The van der Waals surface area contributed by atoms with E-state index in [0.717, 1.165) is 10.5 Å². The molecule has 0 bridgehead atoms. The lowest BCUT2D eigenvalue weighted by Crippen LogP contribution is -2.47. The van der Waals surface area contributed by atoms with Crippen LogP contribution in [0.4, 0.5) is 0 Å². The molecule has 2 aromatic rings. The number of rotatable bonds is 7. The average molecular weight is 364 g/mol. The summed E-state index contributed by atoms with van der Waals surface area (Å²) < 4.78 is 0. The summed E-state index contributed by atoms with van der Waals surface area (Å²) in [6.07, 6.45) is 3.37. The summed E-state index contributed by atoms with van der Waals surface area (Å²) in [6.45, 7) is 1.77. The normalized spacial score (nSPS) is 11.6. The van der Waals surface area contributed by atoms with E-state index in [1.807, 2.05) is 24.3 Å². The van der Waals surface area contributed by atoms with Gasteiger partial charge in [0.15, 0.2) is 0 Å². The Bertz CT molecular complexity index is 680. The molecule has 0 saturated heterocycles. The monoisotopic (exact) mass is 363 g/mol. The van der Waals surface area contributed by atoms with Crippen LogP contribution in [0.25, 0.3) is 0 Å². The zero-order valence-electron chi connectivity index (χ0n) is 13.2. The van der Waals surface area contributed by atoms with E-state index >= 15 is 0 Å². The Labute approximate surface area is 150 Å². The molecule has 0 fully saturated rings. The van der Waals surface area contributed by atoms with E-state index in [1.165, 1.54) is 18.7 Å². The van der Waals surface area contributed by atoms with Gasteiger partial charge in [0.2, 0.25) is 11.8 Å². The lowest BCUT2D eigenvalue weighted by atomic mass is 10.2. The molecule has 24 heavy (non-hydrogen) atoms. The number of carbonyl (C=O) groups excluding carboxylic acids is 2. The van der Waals surface area contributed by atoms with E-state index < -0.39 is 6.04 Å². The molecule has 0 spiro atoms. The second kappa shape index (κ2) is 9.30. The smallest absolute Gasteiger partial charge is 0.243 e. The third-order valence-electron chi connectivity index (χ3n) is 3.11. The highest BCUT2D eigenvalue weighted by atomic mass is 35.5.